The Morgan fingerprint density at radius 3 is 1.84 bits per heavy atom. The molecule has 0 N–H and O–H groups in total. The molecule has 8 aromatic carbocycles. The minimum Gasteiger partial charge on any atom is -0.456 e. The maximum atomic E-state index is 6.37. The van der Waals surface area contributed by atoms with E-state index in [4.69, 9.17) is 19.4 Å². The number of aromatic nitrogens is 5. The van der Waals surface area contributed by atoms with Gasteiger partial charge < -0.3 is 8.98 Å². The fraction of sp³-hybridized carbons (Fsp3) is 0. The van der Waals surface area contributed by atoms with Crippen molar-refractivity contribution < 1.29 is 4.42 Å². The quantitative estimate of drug-likeness (QED) is 0.179. The molecule has 0 aliphatic heterocycles. The van der Waals surface area contributed by atoms with E-state index in [-0.39, 0.29) is 0 Å². The van der Waals surface area contributed by atoms with Crippen LogP contribution in [0.3, 0.4) is 0 Å². The van der Waals surface area contributed by atoms with Gasteiger partial charge in [-0.05, 0) is 66.7 Å². The fourth-order valence-corrected chi connectivity index (χ4v) is 10.3. The Morgan fingerprint density at radius 1 is 0.414 bits per heavy atom. The smallest absolute Gasteiger partial charge is 0.238 e. The van der Waals surface area contributed by atoms with Gasteiger partial charge in [-0.2, -0.15) is 9.97 Å². The monoisotopic (exact) mass is 759 g/mol. The van der Waals surface area contributed by atoms with E-state index in [1.54, 1.807) is 11.3 Å². The van der Waals surface area contributed by atoms with Crippen molar-refractivity contribution >= 4 is 97.1 Å². The third-order valence-corrected chi connectivity index (χ3v) is 12.8. The number of furan rings is 1. The molecule has 0 fully saturated rings. The Morgan fingerprint density at radius 2 is 1.03 bits per heavy atom. The van der Waals surface area contributed by atoms with Gasteiger partial charge in [0.05, 0.1) is 22.1 Å². The molecule has 13 rings (SSSR count). The van der Waals surface area contributed by atoms with Gasteiger partial charge in [-0.3, -0.25) is 4.57 Å². The molecule has 0 aliphatic carbocycles. The molecule has 0 atom stereocenters. The zero-order valence-electron chi connectivity index (χ0n) is 30.8. The lowest BCUT2D eigenvalue weighted by molar-refractivity contribution is 0.669. The molecule has 0 unspecified atom stereocenters. The molecule has 7 heteroatoms. The van der Waals surface area contributed by atoms with E-state index >= 15 is 0 Å². The second-order valence-corrected chi connectivity index (χ2v) is 15.8. The highest BCUT2D eigenvalue weighted by molar-refractivity contribution is 7.26. The Kier molecular flexibility index (Phi) is 6.50. The van der Waals surface area contributed by atoms with E-state index in [1.807, 2.05) is 18.2 Å². The highest BCUT2D eigenvalue weighted by Gasteiger charge is 2.23. The van der Waals surface area contributed by atoms with Crippen molar-refractivity contribution in [3.05, 3.63) is 176 Å². The van der Waals surface area contributed by atoms with Crippen molar-refractivity contribution in [3.63, 3.8) is 0 Å². The summed E-state index contributed by atoms with van der Waals surface area (Å²) < 4.78 is 13.3. The normalized spacial score (nSPS) is 12.1. The number of benzene rings is 8. The summed E-state index contributed by atoms with van der Waals surface area (Å²) in [6.07, 6.45) is 0. The van der Waals surface area contributed by atoms with E-state index in [1.165, 1.54) is 26.2 Å². The molecule has 0 spiro atoms. The average molecular weight is 760 g/mol. The summed E-state index contributed by atoms with van der Waals surface area (Å²) in [5, 5.41) is 9.27. The Labute approximate surface area is 334 Å². The van der Waals surface area contributed by atoms with Crippen LogP contribution in [0.15, 0.2) is 180 Å². The SMILES string of the molecule is c1ccc(-n2c3ccccc3c3c4c5ccccc5n(-c5nc(-c6ccc7c(c6)oc6ccccc67)nc(-c6cccc7c6sc6ccccc67)n5)c4ccc32)cc1. The third kappa shape index (κ3) is 4.44. The first-order chi connectivity index (χ1) is 28.8. The minimum absolute atomic E-state index is 0.556. The second-order valence-electron chi connectivity index (χ2n) is 14.8. The summed E-state index contributed by atoms with van der Waals surface area (Å²) in [7, 11) is 0. The summed E-state index contributed by atoms with van der Waals surface area (Å²) in [5.41, 5.74) is 8.97. The molecule has 0 aliphatic rings. The number of thiophene rings is 1. The molecule has 13 aromatic rings. The van der Waals surface area contributed by atoms with Crippen LogP contribution in [0.4, 0.5) is 0 Å². The molecule has 6 nitrogen and oxygen atoms in total. The fourth-order valence-electron chi connectivity index (χ4n) is 9.09. The lowest BCUT2D eigenvalue weighted by atomic mass is 10.1. The first-order valence-corrected chi connectivity index (χ1v) is 20.2. The van der Waals surface area contributed by atoms with Gasteiger partial charge in [-0.15, -0.1) is 11.3 Å². The minimum atomic E-state index is 0.556. The Balaban J connectivity index is 1.13. The van der Waals surface area contributed by atoms with Crippen LogP contribution in [0.1, 0.15) is 0 Å². The molecule has 270 valence electrons. The maximum absolute atomic E-state index is 6.37. The highest BCUT2D eigenvalue weighted by atomic mass is 32.1. The lowest BCUT2D eigenvalue weighted by Crippen LogP contribution is -2.06. The van der Waals surface area contributed by atoms with Gasteiger partial charge in [0.2, 0.25) is 5.95 Å². The molecule has 5 aromatic heterocycles. The molecule has 5 heterocycles. The number of hydrogen-bond donors (Lipinski definition) is 0. The molecule has 0 saturated heterocycles. The van der Waals surface area contributed by atoms with Crippen LogP contribution in [0.25, 0.3) is 120 Å². The summed E-state index contributed by atoms with van der Waals surface area (Å²) in [6, 6.07) is 61.9. The number of fused-ring (bicyclic) bond motifs is 13. The van der Waals surface area contributed by atoms with E-state index in [0.29, 0.717) is 17.6 Å². The van der Waals surface area contributed by atoms with Crippen LogP contribution < -0.4 is 0 Å². The van der Waals surface area contributed by atoms with E-state index in [2.05, 4.69) is 167 Å². The molecule has 58 heavy (non-hydrogen) atoms. The molecule has 0 saturated carbocycles. The molecule has 0 amide bonds. The Bertz CT molecular complexity index is 3820. The van der Waals surface area contributed by atoms with Crippen molar-refractivity contribution in [1.82, 2.24) is 24.1 Å². The zero-order valence-corrected chi connectivity index (χ0v) is 31.6. The first-order valence-electron chi connectivity index (χ1n) is 19.4. The molecular weight excluding hydrogens is 731 g/mol. The van der Waals surface area contributed by atoms with Crippen LogP contribution in [-0.4, -0.2) is 24.1 Å². The zero-order chi connectivity index (χ0) is 37.9. The number of nitrogens with zero attached hydrogens (tertiary/aromatic N) is 5. The third-order valence-electron chi connectivity index (χ3n) is 11.6. The van der Waals surface area contributed by atoms with Crippen LogP contribution in [-0.2, 0) is 0 Å². The first kappa shape index (κ1) is 31.6. The van der Waals surface area contributed by atoms with Crippen molar-refractivity contribution in [2.45, 2.75) is 0 Å². The second kappa shape index (κ2) is 11.9. The van der Waals surface area contributed by atoms with Gasteiger partial charge in [-0.1, -0.05) is 109 Å². The standard InChI is InChI=1S/C51H29N5OS/c1-2-13-31(14-3-1)55-39-21-8-4-17-36(39)46-41(55)27-28-42-47(46)37-18-5-9-22-40(37)56(42)51-53-49(30-25-26-33-32-15-6-10-23-43(32)57-44(33)29-30)52-50(54-51)38-20-12-19-35-34-16-7-11-24-45(34)58-48(35)38/h1-29H. The Hall–Kier alpha value is -7.61. The van der Waals surface area contributed by atoms with Crippen molar-refractivity contribution in [2.75, 3.05) is 0 Å². The van der Waals surface area contributed by atoms with Crippen molar-refractivity contribution in [1.29, 1.82) is 0 Å². The van der Waals surface area contributed by atoms with Gasteiger partial charge in [0.1, 0.15) is 11.2 Å². The molecule has 0 radical (unpaired) electrons. The van der Waals surface area contributed by atoms with Gasteiger partial charge in [0.15, 0.2) is 11.6 Å². The maximum Gasteiger partial charge on any atom is 0.238 e. The van der Waals surface area contributed by atoms with Crippen molar-refractivity contribution in [2.24, 2.45) is 0 Å². The van der Waals surface area contributed by atoms with Crippen LogP contribution in [0.5, 0.6) is 0 Å². The van der Waals surface area contributed by atoms with Gasteiger partial charge in [0.25, 0.3) is 0 Å². The van der Waals surface area contributed by atoms with Crippen LogP contribution in [0.2, 0.25) is 0 Å². The average Bonchev–Trinajstić information content (AvgIpc) is 4.04. The molecular formula is C51H29N5OS. The van der Waals surface area contributed by atoms with E-state index in [0.717, 1.165) is 76.3 Å². The summed E-state index contributed by atoms with van der Waals surface area (Å²) >= 11 is 1.78. The van der Waals surface area contributed by atoms with Crippen molar-refractivity contribution in [3.8, 4) is 34.4 Å². The predicted octanol–water partition coefficient (Wildman–Crippen LogP) is 13.7. The summed E-state index contributed by atoms with van der Waals surface area (Å²) in [4.78, 5) is 16.0. The predicted molar refractivity (Wildman–Crippen MR) is 240 cm³/mol. The largest absolute Gasteiger partial charge is 0.456 e. The topological polar surface area (TPSA) is 61.7 Å². The number of hydrogen-bond acceptors (Lipinski definition) is 5. The summed E-state index contributed by atoms with van der Waals surface area (Å²) in [5.74, 6) is 1.75. The van der Waals surface area contributed by atoms with Crippen LogP contribution >= 0.6 is 11.3 Å². The number of para-hydroxylation sites is 4. The van der Waals surface area contributed by atoms with Crippen LogP contribution in [0, 0.1) is 0 Å². The van der Waals surface area contributed by atoms with Gasteiger partial charge in [-0.25, -0.2) is 4.98 Å². The van der Waals surface area contributed by atoms with Gasteiger partial charge in [0, 0.05) is 69.3 Å². The van der Waals surface area contributed by atoms with E-state index in [9.17, 15) is 0 Å². The van der Waals surface area contributed by atoms with Gasteiger partial charge >= 0.3 is 0 Å². The lowest BCUT2D eigenvalue weighted by Gasteiger charge is -2.11. The summed E-state index contributed by atoms with van der Waals surface area (Å²) in [6.45, 7) is 0. The molecule has 0 bridgehead atoms. The van der Waals surface area contributed by atoms with E-state index < -0.39 is 0 Å². The highest BCUT2D eigenvalue weighted by Crippen LogP contribution is 2.43. The number of rotatable bonds is 4.